The number of nitrogens with one attached hydrogen (secondary N) is 1. The van der Waals surface area contributed by atoms with Crippen molar-refractivity contribution in [2.75, 3.05) is 11.9 Å². The van der Waals surface area contributed by atoms with Crippen molar-refractivity contribution in [2.45, 2.75) is 33.2 Å². The molecule has 0 radical (unpaired) electrons. The first kappa shape index (κ1) is 16.6. The summed E-state index contributed by atoms with van der Waals surface area (Å²) in [6.45, 7) is 6.69. The van der Waals surface area contributed by atoms with E-state index in [2.05, 4.69) is 17.2 Å². The maximum Gasteiger partial charge on any atom is 0.232 e. The van der Waals surface area contributed by atoms with Gasteiger partial charge in [-0.2, -0.15) is 10.2 Å². The second kappa shape index (κ2) is 8.04. The van der Waals surface area contributed by atoms with Gasteiger partial charge in [0.05, 0.1) is 6.61 Å². The van der Waals surface area contributed by atoms with E-state index in [1.165, 1.54) is 0 Å². The van der Waals surface area contributed by atoms with Crippen LogP contribution in [0.25, 0.3) is 12.2 Å². The molecule has 2 rings (SSSR count). The van der Waals surface area contributed by atoms with Gasteiger partial charge >= 0.3 is 0 Å². The summed E-state index contributed by atoms with van der Waals surface area (Å²) in [5.74, 6) is 1.67. The van der Waals surface area contributed by atoms with Gasteiger partial charge in [-0.3, -0.25) is 0 Å². The van der Waals surface area contributed by atoms with E-state index >= 15 is 0 Å². The third kappa shape index (κ3) is 4.62. The molecule has 0 spiro atoms. The minimum atomic E-state index is 0.220. The summed E-state index contributed by atoms with van der Waals surface area (Å²) in [7, 11) is 0. The third-order valence-electron chi connectivity index (χ3n) is 3.35. The summed E-state index contributed by atoms with van der Waals surface area (Å²) < 4.78 is 11.0. The van der Waals surface area contributed by atoms with Crippen LogP contribution in [0.5, 0.6) is 5.75 Å². The molecule has 0 saturated carbocycles. The summed E-state index contributed by atoms with van der Waals surface area (Å²) >= 11 is 0. The lowest BCUT2D eigenvalue weighted by Gasteiger charge is -2.08. The van der Waals surface area contributed by atoms with Gasteiger partial charge in [-0.25, -0.2) is 0 Å². The molecule has 0 fully saturated rings. The molecule has 1 aromatic heterocycles. The Morgan fingerprint density at radius 3 is 2.65 bits per heavy atom. The van der Waals surface area contributed by atoms with E-state index in [1.54, 1.807) is 6.08 Å². The van der Waals surface area contributed by atoms with E-state index in [0.29, 0.717) is 18.4 Å². The van der Waals surface area contributed by atoms with Crippen LogP contribution < -0.4 is 10.1 Å². The van der Waals surface area contributed by atoms with Gasteiger partial charge in [0.15, 0.2) is 0 Å². The van der Waals surface area contributed by atoms with Crippen molar-refractivity contribution in [3.8, 4) is 11.8 Å². The molecular weight excluding hydrogens is 290 g/mol. The molecule has 1 atom stereocenters. The Hall–Kier alpha value is -2.74. The largest absolute Gasteiger partial charge is 0.494 e. The molecule has 2 aromatic rings. The predicted octanol–water partition coefficient (Wildman–Crippen LogP) is 4.33. The van der Waals surface area contributed by atoms with Crippen LogP contribution in [-0.2, 0) is 0 Å². The van der Waals surface area contributed by atoms with Gasteiger partial charge in [0.1, 0.15) is 11.8 Å². The fourth-order valence-corrected chi connectivity index (χ4v) is 1.92. The minimum absolute atomic E-state index is 0.220. The summed E-state index contributed by atoms with van der Waals surface area (Å²) in [6.07, 6.45) is 4.57. The maximum atomic E-state index is 9.13. The third-order valence-corrected chi connectivity index (χ3v) is 3.35. The molecule has 0 amide bonds. The van der Waals surface area contributed by atoms with Crippen LogP contribution in [-0.4, -0.2) is 17.6 Å². The Labute approximate surface area is 136 Å². The average molecular weight is 311 g/mol. The number of aromatic nitrogens is 1. The lowest BCUT2D eigenvalue weighted by atomic mass is 10.2. The van der Waals surface area contributed by atoms with E-state index in [-0.39, 0.29) is 11.7 Å². The highest BCUT2D eigenvalue weighted by Crippen LogP contribution is 2.20. The number of anilines is 1. The first-order chi connectivity index (χ1) is 11.2. The molecule has 1 unspecified atom stereocenters. The van der Waals surface area contributed by atoms with Crippen LogP contribution in [0.15, 0.2) is 28.7 Å². The predicted molar refractivity (Wildman–Crippen MR) is 91.1 cm³/mol. The van der Waals surface area contributed by atoms with E-state index in [9.17, 15) is 0 Å². The van der Waals surface area contributed by atoms with Gasteiger partial charge in [0.2, 0.25) is 17.5 Å². The molecule has 5 nitrogen and oxygen atoms in total. The number of benzene rings is 1. The van der Waals surface area contributed by atoms with E-state index < -0.39 is 0 Å². The Bertz CT molecular complexity index is 696. The number of nitrogens with zero attached hydrogens (tertiary/aromatic N) is 2. The summed E-state index contributed by atoms with van der Waals surface area (Å²) in [5.41, 5.74) is 1.28. The SMILES string of the molecule is CCOc1ccc(/C=C/c2nc(C#N)c(NC(C)CC)o2)cc1. The zero-order valence-electron chi connectivity index (χ0n) is 13.7. The van der Waals surface area contributed by atoms with Crippen LogP contribution >= 0.6 is 0 Å². The van der Waals surface area contributed by atoms with Crippen molar-refractivity contribution in [2.24, 2.45) is 0 Å². The monoisotopic (exact) mass is 311 g/mol. The molecule has 23 heavy (non-hydrogen) atoms. The molecule has 0 aliphatic carbocycles. The summed E-state index contributed by atoms with van der Waals surface area (Å²) in [5, 5.41) is 12.3. The van der Waals surface area contributed by atoms with Crippen LogP contribution in [0.4, 0.5) is 5.88 Å². The number of hydrogen-bond donors (Lipinski definition) is 1. The Balaban J connectivity index is 2.11. The van der Waals surface area contributed by atoms with Crippen molar-refractivity contribution >= 4 is 18.0 Å². The Morgan fingerprint density at radius 2 is 2.04 bits per heavy atom. The van der Waals surface area contributed by atoms with Crippen LogP contribution in [0.2, 0.25) is 0 Å². The van der Waals surface area contributed by atoms with Crippen molar-refractivity contribution in [1.82, 2.24) is 4.98 Å². The number of hydrogen-bond acceptors (Lipinski definition) is 5. The highest BCUT2D eigenvalue weighted by Gasteiger charge is 2.12. The molecule has 0 bridgehead atoms. The molecule has 0 saturated heterocycles. The first-order valence-electron chi connectivity index (χ1n) is 7.74. The molecule has 0 aliphatic heterocycles. The zero-order valence-corrected chi connectivity index (χ0v) is 13.7. The molecule has 1 heterocycles. The molecule has 1 N–H and O–H groups in total. The highest BCUT2D eigenvalue weighted by molar-refractivity contribution is 5.67. The summed E-state index contributed by atoms with van der Waals surface area (Å²) in [6, 6.07) is 10.00. The Morgan fingerprint density at radius 1 is 1.30 bits per heavy atom. The molecule has 5 heteroatoms. The quantitative estimate of drug-likeness (QED) is 0.824. The second-order valence-electron chi connectivity index (χ2n) is 5.13. The number of nitriles is 1. The summed E-state index contributed by atoms with van der Waals surface area (Å²) in [4.78, 5) is 4.18. The molecule has 1 aromatic carbocycles. The van der Waals surface area contributed by atoms with E-state index in [1.807, 2.05) is 50.3 Å². The van der Waals surface area contributed by atoms with Crippen molar-refractivity contribution in [1.29, 1.82) is 5.26 Å². The standard InChI is InChI=1S/C18H21N3O2/c1-4-13(3)20-18-16(12-19)21-17(23-18)11-8-14-6-9-15(10-7-14)22-5-2/h6-11,13,20H,4-5H2,1-3H3/b11-8+. The van der Waals surface area contributed by atoms with E-state index in [0.717, 1.165) is 17.7 Å². The number of rotatable bonds is 7. The van der Waals surface area contributed by atoms with Gasteiger partial charge in [-0.1, -0.05) is 19.1 Å². The Kier molecular flexibility index (Phi) is 5.81. The lowest BCUT2D eigenvalue weighted by molar-refractivity contribution is 0.340. The van der Waals surface area contributed by atoms with Gasteiger partial charge in [-0.15, -0.1) is 0 Å². The topological polar surface area (TPSA) is 71.1 Å². The molecular formula is C18H21N3O2. The lowest BCUT2D eigenvalue weighted by Crippen LogP contribution is -2.13. The smallest absolute Gasteiger partial charge is 0.232 e. The van der Waals surface area contributed by atoms with Crippen LogP contribution in [0.1, 0.15) is 44.3 Å². The normalized spacial score (nSPS) is 12.1. The van der Waals surface area contributed by atoms with Gasteiger partial charge in [0, 0.05) is 12.1 Å². The maximum absolute atomic E-state index is 9.13. The van der Waals surface area contributed by atoms with Gasteiger partial charge in [0.25, 0.3) is 0 Å². The minimum Gasteiger partial charge on any atom is -0.494 e. The van der Waals surface area contributed by atoms with Crippen molar-refractivity contribution in [3.05, 3.63) is 41.4 Å². The molecule has 0 aliphatic rings. The highest BCUT2D eigenvalue weighted by atomic mass is 16.5. The van der Waals surface area contributed by atoms with E-state index in [4.69, 9.17) is 14.4 Å². The van der Waals surface area contributed by atoms with Gasteiger partial charge in [-0.05, 0) is 44.0 Å². The van der Waals surface area contributed by atoms with Gasteiger partial charge < -0.3 is 14.5 Å². The van der Waals surface area contributed by atoms with Crippen molar-refractivity contribution < 1.29 is 9.15 Å². The number of ether oxygens (including phenoxy) is 1. The second-order valence-corrected chi connectivity index (χ2v) is 5.13. The first-order valence-corrected chi connectivity index (χ1v) is 7.74. The average Bonchev–Trinajstić information content (AvgIpc) is 2.96. The van der Waals surface area contributed by atoms with Crippen molar-refractivity contribution in [3.63, 3.8) is 0 Å². The van der Waals surface area contributed by atoms with Crippen LogP contribution in [0.3, 0.4) is 0 Å². The fourth-order valence-electron chi connectivity index (χ4n) is 1.92. The number of oxazole rings is 1. The molecule has 120 valence electrons. The van der Waals surface area contributed by atoms with Crippen LogP contribution in [0, 0.1) is 11.3 Å². The fraction of sp³-hybridized carbons (Fsp3) is 0.333. The zero-order chi connectivity index (χ0) is 16.7.